The molecule has 0 radical (unpaired) electrons. The summed E-state index contributed by atoms with van der Waals surface area (Å²) >= 11 is 0. The Kier molecular flexibility index (Phi) is 20.9. The van der Waals surface area contributed by atoms with Crippen LogP contribution in [0.3, 0.4) is 0 Å². The van der Waals surface area contributed by atoms with E-state index < -0.39 is 9.84 Å². The summed E-state index contributed by atoms with van der Waals surface area (Å²) in [6, 6.07) is 15.2. The second kappa shape index (κ2) is 24.2. The molecule has 0 aliphatic heterocycles. The first-order valence-corrected chi connectivity index (χ1v) is 19.1. The zero-order valence-electron chi connectivity index (χ0n) is 27.1. The van der Waals surface area contributed by atoms with E-state index in [1.54, 1.807) is 12.1 Å². The lowest BCUT2D eigenvalue weighted by atomic mass is 10.0. The van der Waals surface area contributed by atoms with Crippen LogP contribution < -0.4 is 4.74 Å². The van der Waals surface area contributed by atoms with E-state index in [1.807, 2.05) is 42.5 Å². The number of aliphatic hydroxyl groups is 1. The number of ether oxygens (including phenoxy) is 1. The molecule has 0 atom stereocenters. The molecule has 1 N–H and O–H groups in total. The number of para-hydroxylation sites is 1. The average Bonchev–Trinajstić information content (AvgIpc) is 3.02. The smallest absolute Gasteiger partial charge is 0.178 e. The van der Waals surface area contributed by atoms with Crippen LogP contribution in [0.25, 0.3) is 12.2 Å². The Morgan fingerprint density at radius 2 is 1.12 bits per heavy atom. The summed E-state index contributed by atoms with van der Waals surface area (Å²) < 4.78 is 31.3. The summed E-state index contributed by atoms with van der Waals surface area (Å²) in [7, 11) is -3.28. The Hall–Kier alpha value is -2.11. The van der Waals surface area contributed by atoms with Crippen LogP contribution in [0.1, 0.15) is 146 Å². The molecule has 0 aliphatic carbocycles. The quantitative estimate of drug-likeness (QED) is 0.0805. The minimum absolute atomic E-state index is 0.151. The van der Waals surface area contributed by atoms with E-state index in [0.29, 0.717) is 11.3 Å². The molecule has 0 saturated carbocycles. The van der Waals surface area contributed by atoms with Crippen molar-refractivity contribution in [3.05, 3.63) is 59.7 Å². The van der Waals surface area contributed by atoms with E-state index in [4.69, 9.17) is 9.84 Å². The predicted octanol–water partition coefficient (Wildman–Crippen LogP) is 10.8. The summed E-state index contributed by atoms with van der Waals surface area (Å²) in [4.78, 5) is 0.370. The highest BCUT2D eigenvalue weighted by Crippen LogP contribution is 2.22. The van der Waals surface area contributed by atoms with Gasteiger partial charge in [-0.05, 0) is 43.0 Å². The third-order valence-corrected chi connectivity index (χ3v) is 10.0. The maximum atomic E-state index is 12.6. The van der Waals surface area contributed by atoms with Gasteiger partial charge in [0.25, 0.3) is 0 Å². The van der Waals surface area contributed by atoms with Gasteiger partial charge in [0.05, 0.1) is 17.3 Å². The Bertz CT molecular complexity index is 1080. The molecule has 4 nitrogen and oxygen atoms in total. The molecule has 0 bridgehead atoms. The van der Waals surface area contributed by atoms with Crippen LogP contribution in [-0.4, -0.2) is 32.5 Å². The zero-order valence-corrected chi connectivity index (χ0v) is 27.9. The lowest BCUT2D eigenvalue weighted by Gasteiger charge is -2.09. The molecule has 5 heteroatoms. The first-order valence-electron chi connectivity index (χ1n) is 17.4. The molecule has 0 saturated heterocycles. The standard InChI is InChI=1S/C38H60O4S/c1-2-3-4-5-6-7-8-9-10-11-12-13-14-15-17-22-33-42-38-25-20-19-24-36(38)29-26-35-27-30-37(31-28-35)43(40,41)34-23-18-16-21-32-39/h19-20,24-31,39H,2-18,21-23,32-34H2,1H3. The number of unbranched alkanes of at least 4 members (excludes halogenated alkanes) is 18. The van der Waals surface area contributed by atoms with E-state index in [2.05, 4.69) is 13.0 Å². The van der Waals surface area contributed by atoms with E-state index in [0.717, 1.165) is 49.2 Å². The normalized spacial score (nSPS) is 11.9. The Morgan fingerprint density at radius 3 is 1.70 bits per heavy atom. The number of hydrogen-bond acceptors (Lipinski definition) is 4. The zero-order chi connectivity index (χ0) is 30.9. The molecule has 0 aromatic heterocycles. The maximum absolute atomic E-state index is 12.6. The van der Waals surface area contributed by atoms with Gasteiger partial charge in [-0.1, -0.05) is 159 Å². The third kappa shape index (κ3) is 17.7. The number of aliphatic hydroxyl groups excluding tert-OH is 1. The molecule has 2 rings (SSSR count). The summed E-state index contributed by atoms with van der Waals surface area (Å²) in [5, 5.41) is 8.86. The van der Waals surface area contributed by atoms with Gasteiger partial charge in [0.1, 0.15) is 5.75 Å². The SMILES string of the molecule is CCCCCCCCCCCCCCCCCCOc1ccccc1C=Cc1ccc(S(=O)(=O)CCCCCCO)cc1. The highest BCUT2D eigenvalue weighted by Gasteiger charge is 2.13. The summed E-state index contributed by atoms with van der Waals surface area (Å²) in [5.74, 6) is 1.04. The first-order chi connectivity index (χ1) is 21.1. The molecule has 0 fully saturated rings. The topological polar surface area (TPSA) is 63.6 Å². The second-order valence-electron chi connectivity index (χ2n) is 12.0. The van der Waals surface area contributed by atoms with Crippen LogP contribution in [0, 0.1) is 0 Å². The van der Waals surface area contributed by atoms with Gasteiger partial charge in [0.2, 0.25) is 0 Å². The Balaban J connectivity index is 1.59. The van der Waals surface area contributed by atoms with Crippen molar-refractivity contribution in [2.45, 2.75) is 140 Å². The molecule has 0 spiro atoms. The van der Waals surface area contributed by atoms with Crippen molar-refractivity contribution in [1.82, 2.24) is 0 Å². The summed E-state index contributed by atoms with van der Waals surface area (Å²) in [6.07, 6.45) is 28.9. The number of rotatable bonds is 27. The van der Waals surface area contributed by atoms with Gasteiger partial charge in [-0.2, -0.15) is 0 Å². The Labute approximate surface area is 264 Å². The second-order valence-corrected chi connectivity index (χ2v) is 14.2. The van der Waals surface area contributed by atoms with Crippen molar-refractivity contribution in [2.24, 2.45) is 0 Å². The van der Waals surface area contributed by atoms with E-state index in [9.17, 15) is 8.42 Å². The first kappa shape index (κ1) is 37.1. The van der Waals surface area contributed by atoms with E-state index in [1.165, 1.54) is 96.3 Å². The monoisotopic (exact) mass is 612 g/mol. The fourth-order valence-corrected chi connectivity index (χ4v) is 6.80. The molecule has 0 aliphatic rings. The van der Waals surface area contributed by atoms with Crippen LogP contribution in [0.2, 0.25) is 0 Å². The average molecular weight is 613 g/mol. The lowest BCUT2D eigenvalue weighted by Crippen LogP contribution is -2.06. The third-order valence-electron chi connectivity index (χ3n) is 8.19. The number of benzene rings is 2. The Morgan fingerprint density at radius 1 is 0.605 bits per heavy atom. The van der Waals surface area contributed by atoms with Crippen molar-refractivity contribution < 1.29 is 18.3 Å². The summed E-state index contributed by atoms with van der Waals surface area (Å²) in [6.45, 7) is 3.18. The van der Waals surface area contributed by atoms with E-state index in [-0.39, 0.29) is 12.4 Å². The van der Waals surface area contributed by atoms with Crippen molar-refractivity contribution in [3.63, 3.8) is 0 Å². The number of hydrogen-bond donors (Lipinski definition) is 1. The fraction of sp³-hybridized carbons (Fsp3) is 0.632. The van der Waals surface area contributed by atoms with Crippen LogP contribution in [-0.2, 0) is 9.84 Å². The molecule has 242 valence electrons. The highest BCUT2D eigenvalue weighted by atomic mass is 32.2. The van der Waals surface area contributed by atoms with Gasteiger partial charge in [-0.15, -0.1) is 0 Å². The van der Waals surface area contributed by atoms with Gasteiger partial charge in [-0.3, -0.25) is 0 Å². The van der Waals surface area contributed by atoms with Crippen molar-refractivity contribution in [3.8, 4) is 5.75 Å². The van der Waals surface area contributed by atoms with Gasteiger partial charge in [-0.25, -0.2) is 8.42 Å². The molecule has 2 aromatic carbocycles. The van der Waals surface area contributed by atoms with Crippen molar-refractivity contribution >= 4 is 22.0 Å². The van der Waals surface area contributed by atoms with Gasteiger partial charge in [0.15, 0.2) is 9.84 Å². The van der Waals surface area contributed by atoms with Gasteiger partial charge >= 0.3 is 0 Å². The van der Waals surface area contributed by atoms with Gasteiger partial charge in [0, 0.05) is 12.2 Å². The number of sulfone groups is 1. The molecule has 0 heterocycles. The van der Waals surface area contributed by atoms with Crippen LogP contribution in [0.4, 0.5) is 0 Å². The molecule has 2 aromatic rings. The minimum Gasteiger partial charge on any atom is -0.493 e. The largest absolute Gasteiger partial charge is 0.493 e. The molecular formula is C38H60O4S. The predicted molar refractivity (Wildman–Crippen MR) is 184 cm³/mol. The molecule has 0 amide bonds. The van der Waals surface area contributed by atoms with Gasteiger partial charge < -0.3 is 9.84 Å². The van der Waals surface area contributed by atoms with Crippen molar-refractivity contribution in [1.29, 1.82) is 0 Å². The molecular weight excluding hydrogens is 552 g/mol. The minimum atomic E-state index is -3.28. The van der Waals surface area contributed by atoms with Crippen LogP contribution in [0.15, 0.2) is 53.4 Å². The molecule has 43 heavy (non-hydrogen) atoms. The van der Waals surface area contributed by atoms with Crippen LogP contribution in [0.5, 0.6) is 5.75 Å². The van der Waals surface area contributed by atoms with Crippen molar-refractivity contribution in [2.75, 3.05) is 19.0 Å². The lowest BCUT2D eigenvalue weighted by molar-refractivity contribution is 0.283. The molecule has 0 unspecified atom stereocenters. The van der Waals surface area contributed by atoms with E-state index >= 15 is 0 Å². The summed E-state index contributed by atoms with van der Waals surface area (Å²) in [5.41, 5.74) is 1.98. The maximum Gasteiger partial charge on any atom is 0.178 e. The fourth-order valence-electron chi connectivity index (χ4n) is 5.43. The van der Waals surface area contributed by atoms with Crippen LogP contribution >= 0.6 is 0 Å². The highest BCUT2D eigenvalue weighted by molar-refractivity contribution is 7.91.